The number of likely N-dealkylation sites (tertiary alicyclic amines) is 1. The molecule has 1 fully saturated rings. The van der Waals surface area contributed by atoms with Crippen molar-refractivity contribution in [3.63, 3.8) is 0 Å². The molecule has 1 amide bonds. The van der Waals surface area contributed by atoms with Gasteiger partial charge in [-0.15, -0.1) is 0 Å². The number of piperidine rings is 1. The fourth-order valence-electron chi connectivity index (χ4n) is 2.31. The van der Waals surface area contributed by atoms with Crippen LogP contribution in [0.25, 0.3) is 0 Å². The molecule has 0 aromatic carbocycles. The van der Waals surface area contributed by atoms with Crippen LogP contribution in [-0.4, -0.2) is 48.2 Å². The van der Waals surface area contributed by atoms with Crippen LogP contribution in [-0.2, 0) is 9.53 Å². The van der Waals surface area contributed by atoms with Gasteiger partial charge in [0.25, 0.3) is 0 Å². The smallest absolute Gasteiger partial charge is 0.233 e. The molecule has 1 saturated heterocycles. The number of rotatable bonds is 5. The van der Waals surface area contributed by atoms with Crippen LogP contribution in [0.15, 0.2) is 5.16 Å². The van der Waals surface area contributed by atoms with Gasteiger partial charge in [0.1, 0.15) is 0 Å². The minimum Gasteiger partial charge on any atom is -0.409 e. The standard InChI is InChI=1S/C12H23N3O3/c1-3-5-10(11(13)14-17)12(16)15-7-4-6-9(8-15)18-2/h9-10,17H,3-8H2,1-2H3,(H2,13,14). The molecular weight excluding hydrogens is 234 g/mol. The summed E-state index contributed by atoms with van der Waals surface area (Å²) in [6.07, 6.45) is 3.41. The average molecular weight is 257 g/mol. The Morgan fingerprint density at radius 3 is 2.94 bits per heavy atom. The lowest BCUT2D eigenvalue weighted by Crippen LogP contribution is -2.48. The van der Waals surface area contributed by atoms with E-state index in [9.17, 15) is 4.79 Å². The number of nitrogens with zero attached hydrogens (tertiary/aromatic N) is 2. The zero-order chi connectivity index (χ0) is 13.5. The molecule has 0 radical (unpaired) electrons. The van der Waals surface area contributed by atoms with Crippen LogP contribution < -0.4 is 5.73 Å². The number of ether oxygens (including phenoxy) is 1. The summed E-state index contributed by atoms with van der Waals surface area (Å²) >= 11 is 0. The molecule has 2 unspecified atom stereocenters. The van der Waals surface area contributed by atoms with Crippen molar-refractivity contribution in [2.45, 2.75) is 38.7 Å². The summed E-state index contributed by atoms with van der Waals surface area (Å²) in [4.78, 5) is 14.1. The highest BCUT2D eigenvalue weighted by atomic mass is 16.5. The van der Waals surface area contributed by atoms with Gasteiger partial charge in [-0.25, -0.2) is 0 Å². The molecule has 1 aliphatic heterocycles. The predicted molar refractivity (Wildman–Crippen MR) is 68.4 cm³/mol. The zero-order valence-corrected chi connectivity index (χ0v) is 11.1. The van der Waals surface area contributed by atoms with Crippen molar-refractivity contribution >= 4 is 11.7 Å². The molecule has 0 bridgehead atoms. The quantitative estimate of drug-likeness (QED) is 0.330. The molecule has 1 heterocycles. The number of nitrogens with two attached hydrogens (primary N) is 1. The van der Waals surface area contributed by atoms with Gasteiger partial charge in [0.05, 0.1) is 12.0 Å². The molecule has 0 aromatic rings. The summed E-state index contributed by atoms with van der Waals surface area (Å²) in [5.74, 6) is -0.578. The van der Waals surface area contributed by atoms with Crippen molar-refractivity contribution in [2.24, 2.45) is 16.8 Å². The molecule has 0 saturated carbocycles. The maximum atomic E-state index is 12.3. The van der Waals surface area contributed by atoms with Crippen LogP contribution in [0.5, 0.6) is 0 Å². The van der Waals surface area contributed by atoms with Gasteiger partial charge in [0.15, 0.2) is 5.84 Å². The summed E-state index contributed by atoms with van der Waals surface area (Å²) in [5.41, 5.74) is 5.60. The van der Waals surface area contributed by atoms with Gasteiger partial charge in [-0.2, -0.15) is 0 Å². The topological polar surface area (TPSA) is 88.2 Å². The summed E-state index contributed by atoms with van der Waals surface area (Å²) in [7, 11) is 1.66. The second-order valence-electron chi connectivity index (χ2n) is 4.65. The molecule has 2 atom stereocenters. The minimum absolute atomic E-state index is 0.00129. The third kappa shape index (κ3) is 3.60. The van der Waals surface area contributed by atoms with E-state index in [1.54, 1.807) is 12.0 Å². The van der Waals surface area contributed by atoms with E-state index >= 15 is 0 Å². The average Bonchev–Trinajstić information content (AvgIpc) is 2.43. The number of carbonyl (C=O) groups excluding carboxylic acids is 1. The minimum atomic E-state index is -0.518. The van der Waals surface area contributed by atoms with E-state index in [0.29, 0.717) is 13.0 Å². The Kier molecular flexibility index (Phi) is 5.91. The Morgan fingerprint density at radius 1 is 1.67 bits per heavy atom. The number of hydrogen-bond donors (Lipinski definition) is 2. The summed E-state index contributed by atoms with van der Waals surface area (Å²) in [5, 5.41) is 11.7. The first-order valence-electron chi connectivity index (χ1n) is 6.43. The molecule has 18 heavy (non-hydrogen) atoms. The fourth-order valence-corrected chi connectivity index (χ4v) is 2.31. The van der Waals surface area contributed by atoms with Crippen molar-refractivity contribution in [2.75, 3.05) is 20.2 Å². The van der Waals surface area contributed by atoms with Gasteiger partial charge in [-0.3, -0.25) is 4.79 Å². The van der Waals surface area contributed by atoms with Crippen molar-refractivity contribution in [1.29, 1.82) is 0 Å². The maximum absolute atomic E-state index is 12.3. The molecule has 0 aliphatic carbocycles. The first-order valence-corrected chi connectivity index (χ1v) is 6.43. The van der Waals surface area contributed by atoms with Crippen LogP contribution >= 0.6 is 0 Å². The third-order valence-electron chi connectivity index (χ3n) is 3.37. The van der Waals surface area contributed by atoms with Crippen LogP contribution in [0.4, 0.5) is 0 Å². The monoisotopic (exact) mass is 257 g/mol. The van der Waals surface area contributed by atoms with E-state index in [0.717, 1.165) is 25.8 Å². The Morgan fingerprint density at radius 2 is 2.39 bits per heavy atom. The third-order valence-corrected chi connectivity index (χ3v) is 3.37. The van der Waals surface area contributed by atoms with E-state index in [4.69, 9.17) is 15.7 Å². The highest BCUT2D eigenvalue weighted by Crippen LogP contribution is 2.17. The van der Waals surface area contributed by atoms with Gasteiger partial charge >= 0.3 is 0 Å². The van der Waals surface area contributed by atoms with E-state index < -0.39 is 5.92 Å². The van der Waals surface area contributed by atoms with Gasteiger partial charge in [0.2, 0.25) is 5.91 Å². The number of methoxy groups -OCH3 is 1. The number of carbonyl (C=O) groups is 1. The Labute approximate surface area is 108 Å². The second kappa shape index (κ2) is 7.20. The number of hydrogen-bond acceptors (Lipinski definition) is 4. The first kappa shape index (κ1) is 14.8. The number of amides is 1. The predicted octanol–water partition coefficient (Wildman–Crippen LogP) is 0.787. The molecule has 0 aromatic heterocycles. The molecule has 0 spiro atoms. The van der Waals surface area contributed by atoms with E-state index in [1.807, 2.05) is 6.92 Å². The molecule has 6 heteroatoms. The van der Waals surface area contributed by atoms with E-state index in [2.05, 4.69) is 5.16 Å². The van der Waals surface area contributed by atoms with Crippen LogP contribution in [0.1, 0.15) is 32.6 Å². The number of oxime groups is 1. The largest absolute Gasteiger partial charge is 0.409 e. The summed E-state index contributed by atoms with van der Waals surface area (Å²) < 4.78 is 5.29. The number of amidine groups is 1. The fraction of sp³-hybridized carbons (Fsp3) is 0.833. The molecule has 104 valence electrons. The van der Waals surface area contributed by atoms with E-state index in [-0.39, 0.29) is 17.8 Å². The highest BCUT2D eigenvalue weighted by molar-refractivity contribution is 6.02. The summed E-state index contributed by atoms with van der Waals surface area (Å²) in [6.45, 7) is 3.28. The summed E-state index contributed by atoms with van der Waals surface area (Å²) in [6, 6.07) is 0. The van der Waals surface area contributed by atoms with Gasteiger partial charge in [0, 0.05) is 20.2 Å². The Hall–Kier alpha value is -1.30. The van der Waals surface area contributed by atoms with Crippen LogP contribution in [0.3, 0.4) is 0 Å². The zero-order valence-electron chi connectivity index (χ0n) is 11.1. The molecular formula is C12H23N3O3. The van der Waals surface area contributed by atoms with Crippen molar-refractivity contribution in [1.82, 2.24) is 4.90 Å². The van der Waals surface area contributed by atoms with Crippen molar-refractivity contribution in [3.8, 4) is 0 Å². The lowest BCUT2D eigenvalue weighted by atomic mass is 9.98. The Balaban J connectivity index is 2.70. The molecule has 1 aliphatic rings. The normalized spacial score (nSPS) is 22.9. The highest BCUT2D eigenvalue weighted by Gasteiger charge is 2.30. The SMILES string of the molecule is CCCC(C(=O)N1CCCC(OC)C1)C(N)=NO. The lowest BCUT2D eigenvalue weighted by Gasteiger charge is -2.34. The van der Waals surface area contributed by atoms with Gasteiger partial charge in [-0.1, -0.05) is 18.5 Å². The molecule has 1 rings (SSSR count). The Bertz CT molecular complexity index is 307. The van der Waals surface area contributed by atoms with Crippen molar-refractivity contribution < 1.29 is 14.7 Å². The first-order chi connectivity index (χ1) is 8.63. The maximum Gasteiger partial charge on any atom is 0.233 e. The van der Waals surface area contributed by atoms with Gasteiger partial charge in [-0.05, 0) is 19.3 Å². The van der Waals surface area contributed by atoms with Crippen LogP contribution in [0, 0.1) is 5.92 Å². The molecule has 6 nitrogen and oxygen atoms in total. The second-order valence-corrected chi connectivity index (χ2v) is 4.65. The van der Waals surface area contributed by atoms with Crippen LogP contribution in [0.2, 0.25) is 0 Å². The lowest BCUT2D eigenvalue weighted by molar-refractivity contribution is -0.137. The molecule has 3 N–H and O–H groups in total. The van der Waals surface area contributed by atoms with Gasteiger partial charge < -0.3 is 20.6 Å². The van der Waals surface area contributed by atoms with Crippen molar-refractivity contribution in [3.05, 3.63) is 0 Å². The van der Waals surface area contributed by atoms with E-state index in [1.165, 1.54) is 0 Å².